The molecule has 0 saturated carbocycles. The minimum Gasteiger partial charge on any atom is -0.0819 e. The second-order valence-electron chi connectivity index (χ2n) is 2.95. The molecule has 12 heavy (non-hydrogen) atoms. The molecule has 0 aromatic heterocycles. The van der Waals surface area contributed by atoms with Crippen LogP contribution in [0.5, 0.6) is 0 Å². The molecule has 3 heteroatoms. The molecular formula is C9H9Br2Cl. The van der Waals surface area contributed by atoms with Gasteiger partial charge in [-0.1, -0.05) is 25.4 Å². The van der Waals surface area contributed by atoms with Gasteiger partial charge in [0, 0.05) is 8.95 Å². The predicted molar refractivity (Wildman–Crippen MR) is 60.9 cm³/mol. The molecule has 0 aliphatic rings. The molecule has 1 rings (SSSR count). The van der Waals surface area contributed by atoms with Crippen molar-refractivity contribution >= 4 is 43.5 Å². The van der Waals surface area contributed by atoms with Crippen LogP contribution in [0, 0.1) is 0 Å². The number of hydrogen-bond acceptors (Lipinski definition) is 0. The van der Waals surface area contributed by atoms with E-state index in [0.29, 0.717) is 5.92 Å². The van der Waals surface area contributed by atoms with Gasteiger partial charge >= 0.3 is 0 Å². The monoisotopic (exact) mass is 310 g/mol. The van der Waals surface area contributed by atoms with Crippen LogP contribution in [0.25, 0.3) is 0 Å². The lowest BCUT2D eigenvalue weighted by atomic mass is 10.0. The summed E-state index contributed by atoms with van der Waals surface area (Å²) in [5.74, 6) is 0.523. The number of hydrogen-bond donors (Lipinski definition) is 0. The number of benzene rings is 1. The van der Waals surface area contributed by atoms with Crippen LogP contribution in [-0.4, -0.2) is 0 Å². The highest BCUT2D eigenvalue weighted by Crippen LogP contribution is 2.33. The first-order valence-corrected chi connectivity index (χ1v) is 5.63. The summed E-state index contributed by atoms with van der Waals surface area (Å²) in [6.45, 7) is 4.31. The summed E-state index contributed by atoms with van der Waals surface area (Å²) in [6.07, 6.45) is 0. The van der Waals surface area contributed by atoms with E-state index >= 15 is 0 Å². The smallest absolute Gasteiger partial charge is 0.0690 e. The van der Waals surface area contributed by atoms with Crippen LogP contribution in [0.3, 0.4) is 0 Å². The fraction of sp³-hybridized carbons (Fsp3) is 0.333. The molecular weight excluding hydrogens is 303 g/mol. The van der Waals surface area contributed by atoms with Crippen LogP contribution < -0.4 is 0 Å². The van der Waals surface area contributed by atoms with Crippen molar-refractivity contribution in [2.24, 2.45) is 0 Å². The first kappa shape index (κ1) is 10.6. The summed E-state index contributed by atoms with van der Waals surface area (Å²) in [7, 11) is 0. The third-order valence-electron chi connectivity index (χ3n) is 1.67. The van der Waals surface area contributed by atoms with Gasteiger partial charge in [0.1, 0.15) is 0 Å². The molecule has 0 atom stereocenters. The first-order chi connectivity index (χ1) is 5.52. The SMILES string of the molecule is CC(C)c1cc(Br)c(Cl)c(Br)c1. The molecule has 0 unspecified atom stereocenters. The van der Waals surface area contributed by atoms with Crippen molar-refractivity contribution in [2.75, 3.05) is 0 Å². The van der Waals surface area contributed by atoms with E-state index in [2.05, 4.69) is 57.8 Å². The molecule has 0 aliphatic heterocycles. The van der Waals surface area contributed by atoms with Gasteiger partial charge in [0.15, 0.2) is 0 Å². The van der Waals surface area contributed by atoms with Gasteiger partial charge in [0.2, 0.25) is 0 Å². The second kappa shape index (κ2) is 4.12. The van der Waals surface area contributed by atoms with Gasteiger partial charge < -0.3 is 0 Å². The van der Waals surface area contributed by atoms with E-state index in [9.17, 15) is 0 Å². The van der Waals surface area contributed by atoms with Crippen LogP contribution in [0.15, 0.2) is 21.1 Å². The van der Waals surface area contributed by atoms with Crippen molar-refractivity contribution in [1.29, 1.82) is 0 Å². The van der Waals surface area contributed by atoms with E-state index in [4.69, 9.17) is 11.6 Å². The minimum atomic E-state index is 0.523. The van der Waals surface area contributed by atoms with Crippen LogP contribution in [0.4, 0.5) is 0 Å². The summed E-state index contributed by atoms with van der Waals surface area (Å²) >= 11 is 12.8. The zero-order valence-electron chi connectivity index (χ0n) is 6.87. The lowest BCUT2D eigenvalue weighted by Gasteiger charge is -2.08. The summed E-state index contributed by atoms with van der Waals surface area (Å²) < 4.78 is 1.89. The zero-order valence-corrected chi connectivity index (χ0v) is 10.8. The van der Waals surface area contributed by atoms with Crippen LogP contribution in [0.2, 0.25) is 5.02 Å². The van der Waals surface area contributed by atoms with Crippen molar-refractivity contribution in [3.63, 3.8) is 0 Å². The quantitative estimate of drug-likeness (QED) is 0.641. The Morgan fingerprint density at radius 3 is 1.92 bits per heavy atom. The molecule has 0 N–H and O–H groups in total. The van der Waals surface area contributed by atoms with E-state index < -0.39 is 0 Å². The third-order valence-corrected chi connectivity index (χ3v) is 3.79. The molecule has 0 radical (unpaired) electrons. The molecule has 1 aromatic rings. The van der Waals surface area contributed by atoms with Crippen molar-refractivity contribution in [3.8, 4) is 0 Å². The van der Waals surface area contributed by atoms with Gasteiger partial charge in [-0.2, -0.15) is 0 Å². The Hall–Kier alpha value is 0.470. The highest BCUT2D eigenvalue weighted by Gasteiger charge is 2.06. The Balaban J connectivity index is 3.21. The van der Waals surface area contributed by atoms with Crippen molar-refractivity contribution in [1.82, 2.24) is 0 Å². The Morgan fingerprint density at radius 2 is 1.58 bits per heavy atom. The maximum Gasteiger partial charge on any atom is 0.0690 e. The fourth-order valence-corrected chi connectivity index (χ4v) is 2.24. The molecule has 0 saturated heterocycles. The minimum absolute atomic E-state index is 0.523. The van der Waals surface area contributed by atoms with E-state index in [1.807, 2.05) is 0 Å². The highest BCUT2D eigenvalue weighted by atomic mass is 79.9. The van der Waals surface area contributed by atoms with E-state index in [0.717, 1.165) is 14.0 Å². The lowest BCUT2D eigenvalue weighted by Crippen LogP contribution is -1.87. The van der Waals surface area contributed by atoms with Gasteiger partial charge in [-0.05, 0) is 55.5 Å². The topological polar surface area (TPSA) is 0 Å². The van der Waals surface area contributed by atoms with Gasteiger partial charge in [-0.3, -0.25) is 0 Å². The maximum atomic E-state index is 5.96. The molecule has 66 valence electrons. The Labute approximate surface area is 94.6 Å². The number of halogens is 3. The molecule has 0 spiro atoms. The summed E-state index contributed by atoms with van der Waals surface area (Å²) in [6, 6.07) is 4.11. The normalized spacial score (nSPS) is 10.8. The average Bonchev–Trinajstić information content (AvgIpc) is 1.99. The Morgan fingerprint density at radius 1 is 1.17 bits per heavy atom. The number of rotatable bonds is 1. The Bertz CT molecular complexity index is 272. The Kier molecular flexibility index (Phi) is 3.62. The van der Waals surface area contributed by atoms with Crippen molar-refractivity contribution < 1.29 is 0 Å². The van der Waals surface area contributed by atoms with Crippen molar-refractivity contribution in [2.45, 2.75) is 19.8 Å². The molecule has 0 nitrogen and oxygen atoms in total. The third kappa shape index (κ3) is 2.24. The highest BCUT2D eigenvalue weighted by molar-refractivity contribution is 9.11. The van der Waals surface area contributed by atoms with Crippen LogP contribution in [0.1, 0.15) is 25.3 Å². The first-order valence-electron chi connectivity index (χ1n) is 3.67. The molecule has 1 aromatic carbocycles. The molecule has 0 amide bonds. The maximum absolute atomic E-state index is 5.96. The van der Waals surface area contributed by atoms with Gasteiger partial charge in [0.25, 0.3) is 0 Å². The predicted octanol–water partition coefficient (Wildman–Crippen LogP) is 4.99. The molecule has 0 bridgehead atoms. The van der Waals surface area contributed by atoms with Gasteiger partial charge in [0.05, 0.1) is 5.02 Å². The zero-order chi connectivity index (χ0) is 9.30. The van der Waals surface area contributed by atoms with E-state index in [1.54, 1.807) is 0 Å². The van der Waals surface area contributed by atoms with Crippen molar-refractivity contribution in [3.05, 3.63) is 31.7 Å². The molecule has 0 fully saturated rings. The van der Waals surface area contributed by atoms with Gasteiger partial charge in [-0.15, -0.1) is 0 Å². The van der Waals surface area contributed by atoms with Crippen LogP contribution >= 0.6 is 43.5 Å². The standard InChI is InChI=1S/C9H9Br2Cl/c1-5(2)6-3-7(10)9(12)8(11)4-6/h3-5H,1-2H3. The lowest BCUT2D eigenvalue weighted by molar-refractivity contribution is 0.865. The molecule has 0 aliphatic carbocycles. The largest absolute Gasteiger partial charge is 0.0819 e. The van der Waals surface area contributed by atoms with E-state index in [-0.39, 0.29) is 0 Å². The average molecular weight is 312 g/mol. The summed E-state index contributed by atoms with van der Waals surface area (Å²) in [5, 5.41) is 0.736. The second-order valence-corrected chi connectivity index (χ2v) is 5.04. The fourth-order valence-electron chi connectivity index (χ4n) is 0.908. The van der Waals surface area contributed by atoms with Gasteiger partial charge in [-0.25, -0.2) is 0 Å². The van der Waals surface area contributed by atoms with E-state index in [1.165, 1.54) is 5.56 Å². The molecule has 0 heterocycles. The summed E-state index contributed by atoms with van der Waals surface area (Å²) in [4.78, 5) is 0. The summed E-state index contributed by atoms with van der Waals surface area (Å²) in [5.41, 5.74) is 1.28. The van der Waals surface area contributed by atoms with Crippen LogP contribution in [-0.2, 0) is 0 Å².